The van der Waals surface area contributed by atoms with Gasteiger partial charge in [0.05, 0.1) is 0 Å². The Balaban J connectivity index is 2.49. The number of aryl methyl sites for hydroxylation is 2. The molecule has 1 aromatic rings. The van der Waals surface area contributed by atoms with Gasteiger partial charge in [0, 0.05) is 5.41 Å². The molecule has 1 aromatic carbocycles. The summed E-state index contributed by atoms with van der Waals surface area (Å²) in [5.74, 6) is 0. The average molecular weight is 212 g/mol. The zero-order valence-corrected chi connectivity index (χ0v) is 10.7. The van der Waals surface area contributed by atoms with Crippen LogP contribution in [-0.2, 0) is 5.41 Å². The fourth-order valence-corrected chi connectivity index (χ4v) is 2.73. The molecule has 0 aromatic heterocycles. The number of benzene rings is 1. The van der Waals surface area contributed by atoms with Crippen molar-refractivity contribution in [2.75, 3.05) is 0 Å². The second-order valence-corrected chi connectivity index (χ2v) is 5.17. The average Bonchev–Trinajstić information content (AvgIpc) is 2.23. The maximum atomic E-state index is 2.36. The van der Waals surface area contributed by atoms with Gasteiger partial charge in [0.25, 0.3) is 0 Å². The van der Waals surface area contributed by atoms with Gasteiger partial charge in [0.1, 0.15) is 0 Å². The van der Waals surface area contributed by atoms with Crippen LogP contribution in [-0.4, -0.2) is 0 Å². The quantitative estimate of drug-likeness (QED) is 0.644. The van der Waals surface area contributed by atoms with Gasteiger partial charge in [-0.25, -0.2) is 0 Å². The van der Waals surface area contributed by atoms with Crippen LogP contribution in [0.25, 0.3) is 0 Å². The Labute approximate surface area is 98.7 Å². The van der Waals surface area contributed by atoms with Crippen molar-refractivity contribution in [3.63, 3.8) is 0 Å². The normalized spacial score (nSPS) is 24.4. The van der Waals surface area contributed by atoms with E-state index in [9.17, 15) is 0 Å². The van der Waals surface area contributed by atoms with Crippen LogP contribution in [0.3, 0.4) is 0 Å². The number of allylic oxidation sites excluding steroid dienone is 4. The van der Waals surface area contributed by atoms with E-state index in [-0.39, 0.29) is 5.41 Å². The van der Waals surface area contributed by atoms with Crippen molar-refractivity contribution in [3.05, 3.63) is 58.7 Å². The molecule has 0 heteroatoms. The van der Waals surface area contributed by atoms with Crippen LogP contribution in [0.1, 0.15) is 37.0 Å². The standard InChI is InChI=1S/C16H20/c1-12-8-10-16(4,11-9-12)15-13(2)6-5-7-14(15)3/h5-10H,11H2,1-4H3. The van der Waals surface area contributed by atoms with Crippen LogP contribution >= 0.6 is 0 Å². The van der Waals surface area contributed by atoms with E-state index < -0.39 is 0 Å². The van der Waals surface area contributed by atoms with Crippen LogP contribution < -0.4 is 0 Å². The summed E-state index contributed by atoms with van der Waals surface area (Å²) in [5, 5.41) is 0. The first-order valence-corrected chi connectivity index (χ1v) is 5.96. The Bertz CT molecular complexity index is 443. The van der Waals surface area contributed by atoms with E-state index in [0.29, 0.717) is 0 Å². The van der Waals surface area contributed by atoms with Gasteiger partial charge in [0.2, 0.25) is 0 Å². The third kappa shape index (κ3) is 1.84. The number of hydrogen-bond donors (Lipinski definition) is 0. The molecule has 0 aliphatic heterocycles. The monoisotopic (exact) mass is 212 g/mol. The molecular formula is C16H20. The van der Waals surface area contributed by atoms with Crippen LogP contribution in [0.5, 0.6) is 0 Å². The second-order valence-electron chi connectivity index (χ2n) is 5.17. The minimum Gasteiger partial charge on any atom is -0.0804 e. The first-order chi connectivity index (χ1) is 7.53. The summed E-state index contributed by atoms with van der Waals surface area (Å²) >= 11 is 0. The molecule has 2 rings (SSSR count). The van der Waals surface area contributed by atoms with Gasteiger partial charge in [-0.05, 0) is 43.9 Å². The predicted octanol–water partition coefficient (Wildman–Crippen LogP) is 4.47. The summed E-state index contributed by atoms with van der Waals surface area (Å²) in [6.45, 7) is 8.93. The molecule has 0 fully saturated rings. The fourth-order valence-electron chi connectivity index (χ4n) is 2.73. The third-order valence-electron chi connectivity index (χ3n) is 3.61. The van der Waals surface area contributed by atoms with Gasteiger partial charge >= 0.3 is 0 Å². The largest absolute Gasteiger partial charge is 0.0804 e. The molecule has 84 valence electrons. The summed E-state index contributed by atoms with van der Waals surface area (Å²) in [6.07, 6.45) is 8.06. The molecule has 1 aliphatic carbocycles. The zero-order valence-electron chi connectivity index (χ0n) is 10.7. The van der Waals surface area contributed by atoms with Gasteiger partial charge in [-0.15, -0.1) is 0 Å². The molecular weight excluding hydrogens is 192 g/mol. The van der Waals surface area contributed by atoms with E-state index in [1.165, 1.54) is 22.3 Å². The molecule has 0 saturated carbocycles. The lowest BCUT2D eigenvalue weighted by atomic mass is 9.73. The Morgan fingerprint density at radius 2 is 1.69 bits per heavy atom. The molecule has 0 radical (unpaired) electrons. The van der Waals surface area contributed by atoms with Crippen LogP contribution in [0.2, 0.25) is 0 Å². The minimum atomic E-state index is 0.176. The van der Waals surface area contributed by atoms with Gasteiger partial charge < -0.3 is 0 Å². The van der Waals surface area contributed by atoms with E-state index in [4.69, 9.17) is 0 Å². The Morgan fingerprint density at radius 3 is 2.19 bits per heavy atom. The molecule has 0 amide bonds. The van der Waals surface area contributed by atoms with E-state index in [0.717, 1.165) is 6.42 Å². The maximum Gasteiger partial charge on any atom is 0.0147 e. The predicted molar refractivity (Wildman–Crippen MR) is 70.8 cm³/mol. The van der Waals surface area contributed by atoms with E-state index in [1.54, 1.807) is 0 Å². The van der Waals surface area contributed by atoms with Gasteiger partial charge in [-0.1, -0.05) is 48.9 Å². The summed E-state index contributed by atoms with van der Waals surface area (Å²) in [7, 11) is 0. The van der Waals surface area contributed by atoms with Crippen molar-refractivity contribution in [2.45, 2.75) is 39.5 Å². The van der Waals surface area contributed by atoms with Crippen molar-refractivity contribution in [3.8, 4) is 0 Å². The van der Waals surface area contributed by atoms with Gasteiger partial charge in [-0.2, -0.15) is 0 Å². The lowest BCUT2D eigenvalue weighted by molar-refractivity contribution is 0.588. The highest BCUT2D eigenvalue weighted by Gasteiger charge is 2.27. The van der Waals surface area contributed by atoms with Crippen LogP contribution in [0.4, 0.5) is 0 Å². The first kappa shape index (κ1) is 11.2. The first-order valence-electron chi connectivity index (χ1n) is 5.96. The molecule has 0 saturated heterocycles. The Kier molecular flexibility index (Phi) is 2.75. The third-order valence-corrected chi connectivity index (χ3v) is 3.61. The summed E-state index contributed by atoms with van der Waals surface area (Å²) in [6, 6.07) is 6.57. The summed E-state index contributed by atoms with van der Waals surface area (Å²) in [5.41, 5.74) is 5.86. The number of hydrogen-bond acceptors (Lipinski definition) is 0. The lowest BCUT2D eigenvalue weighted by Crippen LogP contribution is -2.22. The fraction of sp³-hybridized carbons (Fsp3) is 0.375. The highest BCUT2D eigenvalue weighted by molar-refractivity contribution is 5.45. The molecule has 0 N–H and O–H groups in total. The molecule has 0 heterocycles. The van der Waals surface area contributed by atoms with Crippen molar-refractivity contribution in [2.24, 2.45) is 0 Å². The molecule has 0 bridgehead atoms. The second kappa shape index (κ2) is 3.93. The highest BCUT2D eigenvalue weighted by atomic mass is 14.3. The van der Waals surface area contributed by atoms with Gasteiger partial charge in [0.15, 0.2) is 0 Å². The van der Waals surface area contributed by atoms with Crippen molar-refractivity contribution in [1.29, 1.82) is 0 Å². The van der Waals surface area contributed by atoms with E-state index >= 15 is 0 Å². The summed E-state index contributed by atoms with van der Waals surface area (Å²) < 4.78 is 0. The Hall–Kier alpha value is -1.30. The molecule has 1 aliphatic rings. The van der Waals surface area contributed by atoms with E-state index in [2.05, 4.69) is 64.1 Å². The molecule has 16 heavy (non-hydrogen) atoms. The summed E-state index contributed by atoms with van der Waals surface area (Å²) in [4.78, 5) is 0. The smallest absolute Gasteiger partial charge is 0.0147 e. The van der Waals surface area contributed by atoms with Crippen molar-refractivity contribution in [1.82, 2.24) is 0 Å². The topological polar surface area (TPSA) is 0 Å². The molecule has 0 spiro atoms. The Morgan fingerprint density at radius 1 is 1.06 bits per heavy atom. The molecule has 0 nitrogen and oxygen atoms in total. The van der Waals surface area contributed by atoms with Crippen molar-refractivity contribution >= 4 is 0 Å². The SMILES string of the molecule is CC1=CCC(C)(c2c(C)cccc2C)C=C1. The lowest BCUT2D eigenvalue weighted by Gasteiger charge is -2.31. The van der Waals surface area contributed by atoms with E-state index in [1.807, 2.05) is 0 Å². The van der Waals surface area contributed by atoms with Crippen LogP contribution in [0, 0.1) is 13.8 Å². The van der Waals surface area contributed by atoms with Crippen LogP contribution in [0.15, 0.2) is 42.0 Å². The van der Waals surface area contributed by atoms with Crippen molar-refractivity contribution < 1.29 is 0 Å². The molecule has 1 unspecified atom stereocenters. The highest BCUT2D eigenvalue weighted by Crippen LogP contribution is 2.37. The zero-order chi connectivity index (χ0) is 11.8. The van der Waals surface area contributed by atoms with Gasteiger partial charge in [-0.3, -0.25) is 0 Å². The maximum absolute atomic E-state index is 2.36. The minimum absolute atomic E-state index is 0.176. The molecule has 1 atom stereocenters. The number of rotatable bonds is 1.